The van der Waals surface area contributed by atoms with Crippen molar-refractivity contribution in [2.45, 2.75) is 13.2 Å². The van der Waals surface area contributed by atoms with E-state index in [1.807, 2.05) is 25.1 Å². The second-order valence-electron chi connectivity index (χ2n) is 9.10. The van der Waals surface area contributed by atoms with Gasteiger partial charge in [0.25, 0.3) is 0 Å². The minimum absolute atomic E-state index is 0.206. The molecule has 0 aromatic carbocycles. The maximum atomic E-state index is 14.0. The Morgan fingerprint density at radius 3 is 2.56 bits per heavy atom. The Hall–Kier alpha value is -3.80. The van der Waals surface area contributed by atoms with Crippen LogP contribution in [0.2, 0.25) is 0 Å². The number of pyridine rings is 3. The summed E-state index contributed by atoms with van der Waals surface area (Å²) in [5.41, 5.74) is 3.34. The molecule has 0 saturated carbocycles. The summed E-state index contributed by atoms with van der Waals surface area (Å²) in [6.45, 7) is 2.10. The highest BCUT2D eigenvalue weighted by Crippen LogP contribution is 2.42. The Morgan fingerprint density at radius 2 is 1.87 bits per heavy atom. The van der Waals surface area contributed by atoms with Crippen LogP contribution in [0.3, 0.4) is 0 Å². The number of fused-ring (bicyclic) bond motifs is 1. The van der Waals surface area contributed by atoms with Gasteiger partial charge >= 0.3 is 7.82 Å². The third-order valence-electron chi connectivity index (χ3n) is 5.89. The fourth-order valence-corrected chi connectivity index (χ4v) is 4.49. The van der Waals surface area contributed by atoms with E-state index in [1.54, 1.807) is 50.0 Å². The molecule has 0 aliphatic rings. The normalized spacial score (nSPS) is 12.9. The van der Waals surface area contributed by atoms with E-state index < -0.39 is 20.0 Å². The lowest BCUT2D eigenvalue weighted by Gasteiger charge is -2.17. The third kappa shape index (κ3) is 6.80. The van der Waals surface area contributed by atoms with Crippen molar-refractivity contribution < 1.29 is 28.1 Å². The van der Waals surface area contributed by atoms with Crippen LogP contribution in [0.5, 0.6) is 0 Å². The lowest BCUT2D eigenvalue weighted by molar-refractivity contribution is -0.113. The molecule has 1 atom stereocenters. The van der Waals surface area contributed by atoms with Crippen LogP contribution in [0, 0.1) is 5.95 Å². The van der Waals surface area contributed by atoms with Gasteiger partial charge in [0.05, 0.1) is 11.9 Å². The van der Waals surface area contributed by atoms with E-state index in [-0.39, 0.29) is 5.91 Å². The van der Waals surface area contributed by atoms with Crippen LogP contribution in [0.15, 0.2) is 67.4 Å². The summed E-state index contributed by atoms with van der Waals surface area (Å²) in [4.78, 5) is 47.1. The van der Waals surface area contributed by atoms with Gasteiger partial charge in [-0.2, -0.15) is 4.39 Å². The van der Waals surface area contributed by atoms with E-state index in [0.717, 1.165) is 0 Å². The van der Waals surface area contributed by atoms with Crippen LogP contribution in [0.1, 0.15) is 13.2 Å². The van der Waals surface area contributed by atoms with Gasteiger partial charge in [-0.05, 0) is 44.8 Å². The monoisotopic (exact) mass is 554 g/mol. The van der Waals surface area contributed by atoms with Crippen LogP contribution in [-0.4, -0.2) is 67.8 Å². The quantitative estimate of drug-likeness (QED) is 0.179. The van der Waals surface area contributed by atoms with Crippen molar-refractivity contribution in [3.8, 4) is 22.3 Å². The molecule has 0 radical (unpaired) electrons. The van der Waals surface area contributed by atoms with E-state index in [4.69, 9.17) is 4.52 Å². The summed E-state index contributed by atoms with van der Waals surface area (Å²) in [7, 11) is 0.680. The Bertz CT molecular complexity index is 1580. The van der Waals surface area contributed by atoms with Crippen LogP contribution in [0.4, 0.5) is 10.1 Å². The van der Waals surface area contributed by atoms with Crippen LogP contribution < -0.4 is 4.90 Å². The molecule has 4 heterocycles. The van der Waals surface area contributed by atoms with Crippen LogP contribution in [-0.2, 0) is 13.9 Å². The van der Waals surface area contributed by atoms with Gasteiger partial charge in [0.2, 0.25) is 11.9 Å². The van der Waals surface area contributed by atoms with Crippen molar-refractivity contribution in [2.24, 2.45) is 0 Å². The van der Waals surface area contributed by atoms with Gasteiger partial charge in [-0.15, -0.1) is 0 Å². The predicted molar refractivity (Wildman–Crippen MR) is 145 cm³/mol. The van der Waals surface area contributed by atoms with Crippen molar-refractivity contribution in [1.29, 1.82) is 0 Å². The summed E-state index contributed by atoms with van der Waals surface area (Å²) >= 11 is 0. The first-order chi connectivity index (χ1) is 18.4. The fourth-order valence-electron chi connectivity index (χ4n) is 3.99. The lowest BCUT2D eigenvalue weighted by atomic mass is 10.0. The molecule has 0 bridgehead atoms. The number of hydrogen-bond acceptors (Lipinski definition) is 7. The molecule has 4 aromatic heterocycles. The number of phosphoric ester groups is 1. The highest BCUT2D eigenvalue weighted by Gasteiger charge is 2.23. The standard InChI is InChI=1S/C26H28FN6O5P/c1-17(38-39(35,36)37)33-16-23(18-7-8-29-24(27)12-18)22-11-20(14-30-26(22)33)19-10-21(15-28-13-19)32(4)25(34)6-5-9-31(2)3/h5-8,10-17H,9H2,1-4H3,(H2,35,36,37)/b6-5+. The maximum Gasteiger partial charge on any atom is 0.471 e. The Kier molecular flexibility index (Phi) is 8.34. The molecule has 13 heteroatoms. The molecule has 1 unspecified atom stereocenters. The molecule has 0 saturated heterocycles. The van der Waals surface area contributed by atoms with Crippen molar-refractivity contribution in [1.82, 2.24) is 24.4 Å². The molecule has 204 valence electrons. The Labute approximate surface area is 224 Å². The van der Waals surface area contributed by atoms with E-state index >= 15 is 0 Å². The number of rotatable bonds is 9. The second-order valence-corrected chi connectivity index (χ2v) is 10.3. The molecule has 1 amide bonds. The van der Waals surface area contributed by atoms with Gasteiger partial charge in [0.15, 0.2) is 0 Å². The van der Waals surface area contributed by atoms with Crippen molar-refractivity contribution >= 4 is 30.5 Å². The van der Waals surface area contributed by atoms with Gasteiger partial charge in [-0.3, -0.25) is 14.3 Å². The maximum absolute atomic E-state index is 14.0. The van der Waals surface area contributed by atoms with Crippen molar-refractivity contribution in [3.63, 3.8) is 0 Å². The topological polar surface area (TPSA) is 134 Å². The molecular formula is C26H28FN6O5P. The summed E-state index contributed by atoms with van der Waals surface area (Å²) < 4.78 is 31.8. The van der Waals surface area contributed by atoms with Crippen LogP contribution in [0.25, 0.3) is 33.3 Å². The molecule has 0 spiro atoms. The van der Waals surface area contributed by atoms with Crippen LogP contribution >= 0.6 is 7.82 Å². The summed E-state index contributed by atoms with van der Waals surface area (Å²) in [5.74, 6) is -0.885. The zero-order chi connectivity index (χ0) is 28.3. The van der Waals surface area contributed by atoms with Gasteiger partial charge in [-0.1, -0.05) is 6.08 Å². The Morgan fingerprint density at radius 1 is 1.13 bits per heavy atom. The lowest BCUT2D eigenvalue weighted by Crippen LogP contribution is -2.24. The number of anilines is 1. The largest absolute Gasteiger partial charge is 0.471 e. The minimum Gasteiger partial charge on any atom is -0.310 e. The van der Waals surface area contributed by atoms with Crippen molar-refractivity contribution in [3.05, 3.63) is 73.3 Å². The second kappa shape index (κ2) is 11.5. The SMILES string of the molecule is CC(OP(=O)(O)O)n1cc(-c2ccnc(F)c2)c2cc(-c3cncc(N(C)C(=O)/C=C/CN(C)C)c3)cnc21. The molecule has 0 aliphatic heterocycles. The fraction of sp³-hybridized carbons (Fsp3) is 0.231. The molecule has 11 nitrogen and oxygen atoms in total. The van der Waals surface area contributed by atoms with Crippen molar-refractivity contribution in [2.75, 3.05) is 32.6 Å². The number of carbonyl (C=O) groups excluding carboxylic acids is 1. The molecule has 0 aliphatic carbocycles. The Balaban J connectivity index is 1.77. The number of halogens is 1. The number of phosphoric acid groups is 1. The minimum atomic E-state index is -4.79. The number of aromatic nitrogens is 4. The molecule has 4 rings (SSSR count). The van der Waals surface area contributed by atoms with E-state index in [0.29, 0.717) is 45.5 Å². The third-order valence-corrected chi connectivity index (χ3v) is 6.47. The smallest absolute Gasteiger partial charge is 0.310 e. The first-order valence-electron chi connectivity index (χ1n) is 11.8. The molecule has 39 heavy (non-hydrogen) atoms. The average Bonchev–Trinajstić information content (AvgIpc) is 3.26. The first-order valence-corrected chi connectivity index (χ1v) is 13.4. The molecule has 4 aromatic rings. The number of amides is 1. The summed E-state index contributed by atoms with van der Waals surface area (Å²) in [6.07, 6.45) is 9.93. The van der Waals surface area contributed by atoms with Gasteiger partial charge in [0, 0.05) is 72.6 Å². The van der Waals surface area contributed by atoms with Gasteiger partial charge in [0.1, 0.15) is 11.9 Å². The first kappa shape index (κ1) is 28.2. The summed E-state index contributed by atoms with van der Waals surface area (Å²) in [5, 5.41) is 0.584. The number of hydrogen-bond donors (Lipinski definition) is 2. The van der Waals surface area contributed by atoms with E-state index in [2.05, 4.69) is 15.0 Å². The summed E-state index contributed by atoms with van der Waals surface area (Å²) in [6, 6.07) is 6.49. The van der Waals surface area contributed by atoms with E-state index in [9.17, 15) is 23.5 Å². The number of likely N-dealkylation sites (N-methyl/N-ethyl adjacent to an activating group) is 2. The van der Waals surface area contributed by atoms with E-state index in [1.165, 1.54) is 34.7 Å². The molecular weight excluding hydrogens is 526 g/mol. The van der Waals surface area contributed by atoms with Gasteiger partial charge in [-0.25, -0.2) is 14.5 Å². The highest BCUT2D eigenvalue weighted by molar-refractivity contribution is 7.46. The number of nitrogens with zero attached hydrogens (tertiary/aromatic N) is 6. The molecule has 2 N–H and O–H groups in total. The highest BCUT2D eigenvalue weighted by atomic mass is 31.2. The zero-order valence-electron chi connectivity index (χ0n) is 21.8. The number of carbonyl (C=O) groups is 1. The average molecular weight is 555 g/mol. The van der Waals surface area contributed by atoms with Gasteiger partial charge < -0.3 is 24.2 Å². The molecule has 0 fully saturated rings. The zero-order valence-corrected chi connectivity index (χ0v) is 22.7. The predicted octanol–water partition coefficient (Wildman–Crippen LogP) is 4.01.